The molecule has 0 fully saturated rings. The summed E-state index contributed by atoms with van der Waals surface area (Å²) in [6.07, 6.45) is 1.63. The number of guanidine groups is 1. The van der Waals surface area contributed by atoms with E-state index in [0.29, 0.717) is 16.8 Å². The first kappa shape index (κ1) is 15.2. The summed E-state index contributed by atoms with van der Waals surface area (Å²) in [6.45, 7) is 0. The minimum atomic E-state index is -0.520. The molecule has 1 amide bonds. The van der Waals surface area contributed by atoms with Gasteiger partial charge in [-0.1, -0.05) is 24.3 Å². The molecule has 2 aromatic carbocycles. The van der Waals surface area contributed by atoms with Gasteiger partial charge in [-0.2, -0.15) is 10.3 Å². The van der Waals surface area contributed by atoms with Crippen LogP contribution in [0.25, 0.3) is 22.0 Å². The molecule has 0 spiro atoms. The monoisotopic (exact) mass is 315 g/mol. The van der Waals surface area contributed by atoms with Crippen LogP contribution in [0.5, 0.6) is 0 Å². The molecule has 1 heterocycles. The standard InChI is InChI=1S/C18H13N5O/c19-10-13-4-2-8-22-16(13)14-5-1-3-11-6-7-12(9-15(11)14)17(24)23-18(20)21/h1-9H,(H4,20,21,23,24). The van der Waals surface area contributed by atoms with Crippen molar-refractivity contribution in [1.29, 1.82) is 5.26 Å². The minimum absolute atomic E-state index is 0.287. The van der Waals surface area contributed by atoms with Gasteiger partial charge in [0.25, 0.3) is 5.91 Å². The maximum atomic E-state index is 12.1. The van der Waals surface area contributed by atoms with Crippen LogP contribution < -0.4 is 11.5 Å². The Balaban J connectivity index is 2.25. The van der Waals surface area contributed by atoms with Gasteiger partial charge < -0.3 is 11.5 Å². The number of nitrogens with two attached hydrogens (primary N) is 2. The molecular weight excluding hydrogens is 302 g/mol. The number of aromatic nitrogens is 1. The van der Waals surface area contributed by atoms with Gasteiger partial charge in [0.2, 0.25) is 0 Å². The normalized spacial score (nSPS) is 10.1. The van der Waals surface area contributed by atoms with Gasteiger partial charge in [-0.15, -0.1) is 0 Å². The average Bonchev–Trinajstić information content (AvgIpc) is 2.60. The Kier molecular flexibility index (Phi) is 3.91. The zero-order valence-corrected chi connectivity index (χ0v) is 12.6. The topological polar surface area (TPSA) is 118 Å². The van der Waals surface area contributed by atoms with Gasteiger partial charge in [0, 0.05) is 17.3 Å². The minimum Gasteiger partial charge on any atom is -0.370 e. The van der Waals surface area contributed by atoms with Gasteiger partial charge >= 0.3 is 0 Å². The van der Waals surface area contributed by atoms with E-state index in [0.717, 1.165) is 16.3 Å². The van der Waals surface area contributed by atoms with Crippen LogP contribution in [0.1, 0.15) is 15.9 Å². The lowest BCUT2D eigenvalue weighted by Gasteiger charge is -2.08. The molecule has 0 bridgehead atoms. The third kappa shape index (κ3) is 2.78. The Morgan fingerprint density at radius 3 is 2.71 bits per heavy atom. The number of benzene rings is 2. The Bertz CT molecular complexity index is 1010. The van der Waals surface area contributed by atoms with E-state index in [2.05, 4.69) is 16.0 Å². The molecule has 0 saturated carbocycles. The van der Waals surface area contributed by atoms with Crippen LogP contribution in [0.4, 0.5) is 0 Å². The summed E-state index contributed by atoms with van der Waals surface area (Å²) >= 11 is 0. The third-order valence-corrected chi connectivity index (χ3v) is 3.54. The third-order valence-electron chi connectivity index (χ3n) is 3.54. The number of hydrogen-bond donors (Lipinski definition) is 2. The van der Waals surface area contributed by atoms with Crippen LogP contribution in [-0.2, 0) is 0 Å². The number of amides is 1. The first-order chi connectivity index (χ1) is 11.6. The van der Waals surface area contributed by atoms with Gasteiger partial charge in [0.1, 0.15) is 6.07 Å². The highest BCUT2D eigenvalue weighted by Gasteiger charge is 2.12. The summed E-state index contributed by atoms with van der Waals surface area (Å²) in [5, 5.41) is 11.0. The number of pyridine rings is 1. The van der Waals surface area contributed by atoms with E-state index in [1.165, 1.54) is 0 Å². The first-order valence-electron chi connectivity index (χ1n) is 7.12. The number of aliphatic imine (C=N–C) groups is 1. The van der Waals surface area contributed by atoms with Crippen molar-refractivity contribution in [2.45, 2.75) is 0 Å². The lowest BCUT2D eigenvalue weighted by molar-refractivity contribution is 0.100. The molecule has 3 aromatic rings. The number of nitriles is 1. The quantitative estimate of drug-likeness (QED) is 0.555. The lowest BCUT2D eigenvalue weighted by Crippen LogP contribution is -2.24. The van der Waals surface area contributed by atoms with E-state index in [1.807, 2.05) is 24.3 Å². The van der Waals surface area contributed by atoms with E-state index in [-0.39, 0.29) is 5.96 Å². The summed E-state index contributed by atoms with van der Waals surface area (Å²) < 4.78 is 0. The van der Waals surface area contributed by atoms with Crippen molar-refractivity contribution >= 4 is 22.6 Å². The predicted octanol–water partition coefficient (Wildman–Crippen LogP) is 2.19. The number of hydrogen-bond acceptors (Lipinski definition) is 3. The van der Waals surface area contributed by atoms with Gasteiger partial charge in [-0.05, 0) is 35.0 Å². The lowest BCUT2D eigenvalue weighted by atomic mass is 9.97. The maximum absolute atomic E-state index is 12.1. The summed E-state index contributed by atoms with van der Waals surface area (Å²) in [5.74, 6) is -0.807. The Labute approximate surface area is 138 Å². The zero-order valence-electron chi connectivity index (χ0n) is 12.6. The maximum Gasteiger partial charge on any atom is 0.280 e. The van der Waals surface area contributed by atoms with Crippen LogP contribution >= 0.6 is 0 Å². The van der Waals surface area contributed by atoms with Crippen molar-refractivity contribution in [2.75, 3.05) is 0 Å². The molecule has 0 unspecified atom stereocenters. The summed E-state index contributed by atoms with van der Waals surface area (Å²) in [4.78, 5) is 19.9. The van der Waals surface area contributed by atoms with Crippen molar-refractivity contribution in [3.63, 3.8) is 0 Å². The zero-order chi connectivity index (χ0) is 17.1. The van der Waals surface area contributed by atoms with Crippen molar-refractivity contribution in [3.8, 4) is 17.3 Å². The van der Waals surface area contributed by atoms with Crippen molar-refractivity contribution in [2.24, 2.45) is 16.5 Å². The second kappa shape index (κ2) is 6.18. The number of rotatable bonds is 2. The molecule has 0 radical (unpaired) electrons. The number of nitrogens with zero attached hydrogens (tertiary/aromatic N) is 3. The van der Waals surface area contributed by atoms with Crippen LogP contribution in [0.15, 0.2) is 59.7 Å². The highest BCUT2D eigenvalue weighted by atomic mass is 16.1. The van der Waals surface area contributed by atoms with Crippen molar-refractivity contribution < 1.29 is 4.79 Å². The smallest absolute Gasteiger partial charge is 0.280 e. The van der Waals surface area contributed by atoms with E-state index in [9.17, 15) is 10.1 Å². The molecule has 0 aliphatic heterocycles. The van der Waals surface area contributed by atoms with E-state index < -0.39 is 5.91 Å². The second-order valence-corrected chi connectivity index (χ2v) is 5.09. The van der Waals surface area contributed by atoms with E-state index in [1.54, 1.807) is 30.5 Å². The molecule has 0 aliphatic carbocycles. The average molecular weight is 315 g/mol. The Morgan fingerprint density at radius 1 is 1.12 bits per heavy atom. The molecule has 0 atom stereocenters. The molecule has 0 saturated heterocycles. The first-order valence-corrected chi connectivity index (χ1v) is 7.12. The van der Waals surface area contributed by atoms with Gasteiger partial charge in [-0.3, -0.25) is 9.78 Å². The molecule has 1 aromatic heterocycles. The molecule has 0 aliphatic rings. The summed E-state index contributed by atoms with van der Waals surface area (Å²) in [6, 6.07) is 16.4. The SMILES string of the molecule is N#Cc1cccnc1-c1cccc2ccc(C(=O)N=C(N)N)cc12. The predicted molar refractivity (Wildman–Crippen MR) is 92.0 cm³/mol. The highest BCUT2D eigenvalue weighted by Crippen LogP contribution is 2.30. The van der Waals surface area contributed by atoms with Crippen LogP contribution in [0.2, 0.25) is 0 Å². The van der Waals surface area contributed by atoms with Crippen LogP contribution in [0.3, 0.4) is 0 Å². The fourth-order valence-electron chi connectivity index (χ4n) is 2.50. The molecule has 116 valence electrons. The van der Waals surface area contributed by atoms with Crippen molar-refractivity contribution in [1.82, 2.24) is 4.98 Å². The van der Waals surface area contributed by atoms with Gasteiger partial charge in [0.05, 0.1) is 11.3 Å². The van der Waals surface area contributed by atoms with Crippen LogP contribution in [0, 0.1) is 11.3 Å². The van der Waals surface area contributed by atoms with Gasteiger partial charge in [0.15, 0.2) is 5.96 Å². The largest absolute Gasteiger partial charge is 0.370 e. The summed E-state index contributed by atoms with van der Waals surface area (Å²) in [5.41, 5.74) is 12.7. The second-order valence-electron chi connectivity index (χ2n) is 5.09. The molecule has 6 nitrogen and oxygen atoms in total. The number of fused-ring (bicyclic) bond motifs is 1. The molecule has 4 N–H and O–H groups in total. The fourth-order valence-corrected chi connectivity index (χ4v) is 2.50. The van der Waals surface area contributed by atoms with Gasteiger partial charge in [-0.25, -0.2) is 0 Å². The van der Waals surface area contributed by atoms with Crippen LogP contribution in [-0.4, -0.2) is 16.9 Å². The van der Waals surface area contributed by atoms with E-state index >= 15 is 0 Å². The molecular formula is C18H13N5O. The molecule has 6 heteroatoms. The summed E-state index contributed by atoms with van der Waals surface area (Å²) in [7, 11) is 0. The Morgan fingerprint density at radius 2 is 1.96 bits per heavy atom. The fraction of sp³-hybridized carbons (Fsp3) is 0. The molecule has 24 heavy (non-hydrogen) atoms. The highest BCUT2D eigenvalue weighted by molar-refractivity contribution is 6.06. The molecule has 3 rings (SSSR count). The van der Waals surface area contributed by atoms with Crippen molar-refractivity contribution in [3.05, 3.63) is 65.9 Å². The Hall–Kier alpha value is -3.72. The van der Waals surface area contributed by atoms with E-state index in [4.69, 9.17) is 11.5 Å². The number of carbonyl (C=O) groups excluding carboxylic acids is 1. The number of carbonyl (C=O) groups is 1.